The molecule has 1 aromatic rings. The van der Waals surface area contributed by atoms with Gasteiger partial charge in [-0.15, -0.1) is 0 Å². The molecular formula is C13H22N4. The summed E-state index contributed by atoms with van der Waals surface area (Å²) in [5, 5.41) is 3.17. The Labute approximate surface area is 103 Å². The second-order valence-electron chi connectivity index (χ2n) is 4.85. The number of hydrogen-bond acceptors (Lipinski definition) is 4. The highest BCUT2D eigenvalue weighted by Crippen LogP contribution is 2.32. The first-order chi connectivity index (χ1) is 8.26. The normalized spacial score (nSPS) is 14.8. The molecule has 0 amide bonds. The van der Waals surface area contributed by atoms with E-state index in [4.69, 9.17) is 0 Å². The van der Waals surface area contributed by atoms with Gasteiger partial charge in [0.1, 0.15) is 18.0 Å². The van der Waals surface area contributed by atoms with Gasteiger partial charge < -0.3 is 10.2 Å². The Kier molecular flexibility index (Phi) is 3.82. The summed E-state index contributed by atoms with van der Waals surface area (Å²) in [6.45, 7) is 3.31. The highest BCUT2D eigenvalue weighted by atomic mass is 15.2. The third-order valence-corrected chi connectivity index (χ3v) is 3.25. The molecule has 1 saturated carbocycles. The van der Waals surface area contributed by atoms with Gasteiger partial charge in [-0.05, 0) is 25.2 Å². The molecule has 0 atom stereocenters. The van der Waals surface area contributed by atoms with Crippen molar-refractivity contribution < 1.29 is 0 Å². The van der Waals surface area contributed by atoms with Gasteiger partial charge in [0.25, 0.3) is 0 Å². The molecule has 1 aromatic heterocycles. The Hall–Kier alpha value is -1.32. The van der Waals surface area contributed by atoms with E-state index in [0.29, 0.717) is 0 Å². The average Bonchev–Trinajstić information content (AvgIpc) is 3.13. The van der Waals surface area contributed by atoms with E-state index in [1.807, 2.05) is 7.05 Å². The van der Waals surface area contributed by atoms with E-state index < -0.39 is 0 Å². The first-order valence-corrected chi connectivity index (χ1v) is 6.49. The van der Waals surface area contributed by atoms with Crippen molar-refractivity contribution in [3.05, 3.63) is 11.9 Å². The van der Waals surface area contributed by atoms with Gasteiger partial charge in [0.05, 0.1) is 0 Å². The molecule has 1 heterocycles. The maximum atomic E-state index is 4.46. The van der Waals surface area contributed by atoms with Crippen LogP contribution in [0.15, 0.2) is 6.33 Å². The van der Waals surface area contributed by atoms with Crippen LogP contribution in [0.3, 0.4) is 0 Å². The lowest BCUT2D eigenvalue weighted by Crippen LogP contribution is -2.23. The Morgan fingerprint density at radius 3 is 2.76 bits per heavy atom. The molecule has 0 radical (unpaired) electrons. The fourth-order valence-corrected chi connectivity index (χ4v) is 2.20. The summed E-state index contributed by atoms with van der Waals surface area (Å²) < 4.78 is 0. The summed E-state index contributed by atoms with van der Waals surface area (Å²) in [5.74, 6) is 2.94. The zero-order valence-corrected chi connectivity index (χ0v) is 11.0. The lowest BCUT2D eigenvalue weighted by atomic mass is 10.1. The number of rotatable bonds is 6. The molecule has 0 aromatic carbocycles. The van der Waals surface area contributed by atoms with Gasteiger partial charge in [0.15, 0.2) is 0 Å². The maximum Gasteiger partial charge on any atom is 0.137 e. The summed E-state index contributed by atoms with van der Waals surface area (Å²) >= 11 is 0. The molecule has 0 aliphatic heterocycles. The van der Waals surface area contributed by atoms with Gasteiger partial charge in [-0.1, -0.05) is 13.3 Å². The Morgan fingerprint density at radius 2 is 2.18 bits per heavy atom. The van der Waals surface area contributed by atoms with E-state index in [1.54, 1.807) is 6.33 Å². The molecule has 1 N–H and O–H groups in total. The molecule has 94 valence electrons. The molecule has 1 fully saturated rings. The molecule has 0 unspecified atom stereocenters. The molecule has 0 bridgehead atoms. The van der Waals surface area contributed by atoms with E-state index in [9.17, 15) is 0 Å². The van der Waals surface area contributed by atoms with Crippen LogP contribution in [0.4, 0.5) is 11.6 Å². The monoisotopic (exact) mass is 234 g/mol. The van der Waals surface area contributed by atoms with Crippen molar-refractivity contribution in [2.24, 2.45) is 5.92 Å². The first-order valence-electron chi connectivity index (χ1n) is 6.49. The number of nitrogens with one attached hydrogen (secondary N) is 1. The smallest absolute Gasteiger partial charge is 0.137 e. The van der Waals surface area contributed by atoms with E-state index >= 15 is 0 Å². The van der Waals surface area contributed by atoms with Crippen LogP contribution in [0, 0.1) is 5.92 Å². The van der Waals surface area contributed by atoms with E-state index in [-0.39, 0.29) is 0 Å². The standard InChI is InChI=1S/C13H22N4/c1-4-5-11-12(14-2)15-9-16-13(11)17(3)8-10-6-7-10/h9-10H,4-8H2,1-3H3,(H,14,15,16). The predicted octanol–water partition coefficient (Wildman–Crippen LogP) is 2.32. The lowest BCUT2D eigenvalue weighted by molar-refractivity contribution is 0.764. The molecule has 4 heteroatoms. The van der Waals surface area contributed by atoms with Crippen LogP contribution >= 0.6 is 0 Å². The van der Waals surface area contributed by atoms with E-state index in [2.05, 4.69) is 34.2 Å². The van der Waals surface area contributed by atoms with Gasteiger partial charge in [-0.25, -0.2) is 9.97 Å². The van der Waals surface area contributed by atoms with Crippen molar-refractivity contribution in [3.8, 4) is 0 Å². The zero-order chi connectivity index (χ0) is 12.3. The molecule has 2 rings (SSSR count). The van der Waals surface area contributed by atoms with Crippen molar-refractivity contribution in [3.63, 3.8) is 0 Å². The minimum absolute atomic E-state index is 0.877. The van der Waals surface area contributed by atoms with Crippen molar-refractivity contribution in [2.45, 2.75) is 32.6 Å². The van der Waals surface area contributed by atoms with Crippen molar-refractivity contribution in [2.75, 3.05) is 30.9 Å². The minimum Gasteiger partial charge on any atom is -0.373 e. The quantitative estimate of drug-likeness (QED) is 0.820. The Balaban J connectivity index is 2.22. The second-order valence-corrected chi connectivity index (χ2v) is 4.85. The van der Waals surface area contributed by atoms with E-state index in [0.717, 1.165) is 36.9 Å². The highest BCUT2D eigenvalue weighted by molar-refractivity contribution is 5.58. The van der Waals surface area contributed by atoms with Crippen molar-refractivity contribution in [1.29, 1.82) is 0 Å². The first kappa shape index (κ1) is 12.1. The van der Waals surface area contributed by atoms with Crippen LogP contribution < -0.4 is 10.2 Å². The predicted molar refractivity (Wildman–Crippen MR) is 71.6 cm³/mol. The molecule has 1 aliphatic rings. The third-order valence-electron chi connectivity index (χ3n) is 3.25. The summed E-state index contributed by atoms with van der Waals surface area (Å²) in [7, 11) is 4.06. The molecule has 17 heavy (non-hydrogen) atoms. The van der Waals surface area contributed by atoms with Crippen molar-refractivity contribution in [1.82, 2.24) is 9.97 Å². The van der Waals surface area contributed by atoms with Crippen molar-refractivity contribution >= 4 is 11.6 Å². The van der Waals surface area contributed by atoms with Crippen LogP contribution in [0.2, 0.25) is 0 Å². The Bertz CT molecular complexity index is 374. The number of hydrogen-bond donors (Lipinski definition) is 1. The highest BCUT2D eigenvalue weighted by Gasteiger charge is 2.24. The lowest BCUT2D eigenvalue weighted by Gasteiger charge is -2.22. The third kappa shape index (κ3) is 2.87. The van der Waals surface area contributed by atoms with Gasteiger partial charge in [-0.2, -0.15) is 0 Å². The van der Waals surface area contributed by atoms with Gasteiger partial charge in [0.2, 0.25) is 0 Å². The van der Waals surface area contributed by atoms with Crippen LogP contribution in [0.5, 0.6) is 0 Å². The largest absolute Gasteiger partial charge is 0.373 e. The fourth-order valence-electron chi connectivity index (χ4n) is 2.20. The molecule has 0 spiro atoms. The van der Waals surface area contributed by atoms with Gasteiger partial charge >= 0.3 is 0 Å². The molecule has 1 aliphatic carbocycles. The summed E-state index contributed by atoms with van der Waals surface area (Å²) in [4.78, 5) is 11.0. The minimum atomic E-state index is 0.877. The Morgan fingerprint density at radius 1 is 1.41 bits per heavy atom. The molecular weight excluding hydrogens is 212 g/mol. The van der Waals surface area contributed by atoms with E-state index in [1.165, 1.54) is 18.4 Å². The fraction of sp³-hybridized carbons (Fsp3) is 0.692. The second kappa shape index (κ2) is 5.34. The summed E-state index contributed by atoms with van der Waals surface area (Å²) in [6, 6.07) is 0. The molecule has 0 saturated heterocycles. The number of anilines is 2. The SMILES string of the molecule is CCCc1c(NC)ncnc1N(C)CC1CC1. The molecule has 4 nitrogen and oxygen atoms in total. The number of aromatic nitrogens is 2. The van der Waals surface area contributed by atoms with Crippen LogP contribution in [-0.4, -0.2) is 30.6 Å². The zero-order valence-electron chi connectivity index (χ0n) is 11.0. The van der Waals surface area contributed by atoms with Crippen LogP contribution in [-0.2, 0) is 6.42 Å². The van der Waals surface area contributed by atoms with Gasteiger partial charge in [-0.3, -0.25) is 0 Å². The summed E-state index contributed by atoms with van der Waals surface area (Å²) in [5.41, 5.74) is 1.25. The topological polar surface area (TPSA) is 41.1 Å². The van der Waals surface area contributed by atoms with Gasteiger partial charge in [0, 0.05) is 26.2 Å². The average molecular weight is 234 g/mol. The summed E-state index contributed by atoms with van der Waals surface area (Å²) in [6.07, 6.45) is 6.55. The maximum absolute atomic E-state index is 4.46. The van der Waals surface area contributed by atoms with Crippen LogP contribution in [0.1, 0.15) is 31.7 Å². The number of nitrogens with zero attached hydrogens (tertiary/aromatic N) is 3. The van der Waals surface area contributed by atoms with Crippen LogP contribution in [0.25, 0.3) is 0 Å².